The highest BCUT2D eigenvalue weighted by atomic mass is 19.1. The van der Waals surface area contributed by atoms with Crippen LogP contribution in [0.15, 0.2) is 42.5 Å². The molecule has 2 heterocycles. The molecule has 1 aliphatic heterocycles. The maximum Gasteiger partial charge on any atom is 0.207 e. The summed E-state index contributed by atoms with van der Waals surface area (Å²) < 4.78 is 14.0. The largest absolute Gasteiger partial charge is 0.366 e. The van der Waals surface area contributed by atoms with E-state index in [1.807, 2.05) is 41.8 Å². The number of hydrogen-bond acceptors (Lipinski definition) is 5. The minimum Gasteiger partial charge on any atom is -0.366 e. The zero-order valence-corrected chi connectivity index (χ0v) is 15.9. The number of hydrogen-bond donors (Lipinski definition) is 0. The molecular formula is C21H21FN6. The number of benzene rings is 2. The van der Waals surface area contributed by atoms with E-state index in [1.54, 1.807) is 12.1 Å². The molecule has 28 heavy (non-hydrogen) atoms. The zero-order valence-electron chi connectivity index (χ0n) is 15.9. The van der Waals surface area contributed by atoms with E-state index < -0.39 is 0 Å². The summed E-state index contributed by atoms with van der Waals surface area (Å²) in [6, 6.07) is 15.0. The molecule has 4 rings (SSSR count). The van der Waals surface area contributed by atoms with Gasteiger partial charge in [-0.2, -0.15) is 5.26 Å². The van der Waals surface area contributed by atoms with Crippen LogP contribution in [-0.4, -0.2) is 41.2 Å². The number of piperazine rings is 1. The maximum atomic E-state index is 14.0. The lowest BCUT2D eigenvalue weighted by atomic mass is 10.1. The number of nitriles is 1. The lowest BCUT2D eigenvalue weighted by molar-refractivity contribution is 0.595. The van der Waals surface area contributed by atoms with Crippen LogP contribution in [0, 0.1) is 31.0 Å². The quantitative estimate of drug-likeness (QED) is 0.702. The molecule has 3 aromatic rings. The van der Waals surface area contributed by atoms with Crippen molar-refractivity contribution in [2.75, 3.05) is 36.0 Å². The minimum atomic E-state index is -0.213. The van der Waals surface area contributed by atoms with E-state index in [0.29, 0.717) is 43.4 Å². The summed E-state index contributed by atoms with van der Waals surface area (Å²) in [4.78, 5) is 5.59. The lowest BCUT2D eigenvalue weighted by Crippen LogP contribution is -2.47. The SMILES string of the molecule is Cc1cc(C)cc(-n2nc(C#N)c(N3CCN(c4ccccc4F)CC3)n2)c1. The third kappa shape index (κ3) is 3.41. The Morgan fingerprint density at radius 1 is 0.929 bits per heavy atom. The van der Waals surface area contributed by atoms with Gasteiger partial charge in [-0.1, -0.05) is 18.2 Å². The van der Waals surface area contributed by atoms with Crippen molar-refractivity contribution in [1.29, 1.82) is 5.26 Å². The Morgan fingerprint density at radius 2 is 1.57 bits per heavy atom. The molecule has 0 unspecified atom stereocenters. The van der Waals surface area contributed by atoms with Gasteiger partial charge in [0, 0.05) is 26.2 Å². The van der Waals surface area contributed by atoms with Gasteiger partial charge < -0.3 is 9.80 Å². The van der Waals surface area contributed by atoms with E-state index in [-0.39, 0.29) is 5.82 Å². The summed E-state index contributed by atoms with van der Waals surface area (Å²) in [6.07, 6.45) is 0. The highest BCUT2D eigenvalue weighted by Crippen LogP contribution is 2.24. The molecule has 1 aromatic heterocycles. The molecule has 0 amide bonds. The minimum absolute atomic E-state index is 0.213. The monoisotopic (exact) mass is 376 g/mol. The van der Waals surface area contributed by atoms with Crippen molar-refractivity contribution in [1.82, 2.24) is 15.0 Å². The first-order valence-corrected chi connectivity index (χ1v) is 9.25. The van der Waals surface area contributed by atoms with Crippen molar-refractivity contribution < 1.29 is 4.39 Å². The van der Waals surface area contributed by atoms with Gasteiger partial charge >= 0.3 is 0 Å². The molecule has 0 N–H and O–H groups in total. The van der Waals surface area contributed by atoms with E-state index in [2.05, 4.69) is 22.3 Å². The summed E-state index contributed by atoms with van der Waals surface area (Å²) in [6.45, 7) is 6.65. The van der Waals surface area contributed by atoms with E-state index in [9.17, 15) is 9.65 Å². The number of nitrogens with zero attached hydrogens (tertiary/aromatic N) is 6. The number of aromatic nitrogens is 3. The van der Waals surface area contributed by atoms with E-state index in [4.69, 9.17) is 0 Å². The Balaban J connectivity index is 1.56. The van der Waals surface area contributed by atoms with Crippen LogP contribution < -0.4 is 9.80 Å². The van der Waals surface area contributed by atoms with Crippen LogP contribution in [0.3, 0.4) is 0 Å². The van der Waals surface area contributed by atoms with Gasteiger partial charge in [0.05, 0.1) is 11.4 Å². The molecule has 1 saturated heterocycles. The molecule has 0 radical (unpaired) electrons. The molecule has 0 aliphatic carbocycles. The molecule has 7 heteroatoms. The summed E-state index contributed by atoms with van der Waals surface area (Å²) in [7, 11) is 0. The normalized spacial score (nSPS) is 14.2. The second-order valence-corrected chi connectivity index (χ2v) is 7.04. The molecule has 0 spiro atoms. The highest BCUT2D eigenvalue weighted by molar-refractivity contribution is 5.54. The van der Waals surface area contributed by atoms with Crippen molar-refractivity contribution in [3.05, 3.63) is 65.1 Å². The van der Waals surface area contributed by atoms with Gasteiger partial charge in [-0.25, -0.2) is 4.39 Å². The summed E-state index contributed by atoms with van der Waals surface area (Å²) >= 11 is 0. The predicted molar refractivity (Wildman–Crippen MR) is 106 cm³/mol. The Labute approximate surface area is 163 Å². The third-order valence-electron chi connectivity index (χ3n) is 4.91. The number of anilines is 2. The fraction of sp³-hybridized carbons (Fsp3) is 0.286. The first-order valence-electron chi connectivity index (χ1n) is 9.25. The fourth-order valence-electron chi connectivity index (χ4n) is 3.63. The smallest absolute Gasteiger partial charge is 0.207 e. The first kappa shape index (κ1) is 18.0. The van der Waals surface area contributed by atoms with Gasteiger partial charge in [-0.3, -0.25) is 0 Å². The number of para-hydroxylation sites is 1. The van der Waals surface area contributed by atoms with Crippen molar-refractivity contribution in [2.24, 2.45) is 0 Å². The molecule has 0 saturated carbocycles. The summed E-state index contributed by atoms with van der Waals surface area (Å²) in [5.41, 5.74) is 3.99. The molecule has 1 aliphatic rings. The van der Waals surface area contributed by atoms with Crippen molar-refractivity contribution in [3.63, 3.8) is 0 Å². The van der Waals surface area contributed by atoms with E-state index in [0.717, 1.165) is 16.8 Å². The van der Waals surface area contributed by atoms with Gasteiger partial charge in [0.2, 0.25) is 5.69 Å². The number of rotatable bonds is 3. The van der Waals surface area contributed by atoms with Gasteiger partial charge in [0.15, 0.2) is 5.82 Å². The molecule has 0 bridgehead atoms. The molecule has 2 aromatic carbocycles. The Morgan fingerprint density at radius 3 is 2.21 bits per heavy atom. The maximum absolute atomic E-state index is 14.0. The fourth-order valence-corrected chi connectivity index (χ4v) is 3.63. The van der Waals surface area contributed by atoms with Crippen LogP contribution in [0.2, 0.25) is 0 Å². The van der Waals surface area contributed by atoms with Crippen LogP contribution in [0.4, 0.5) is 15.9 Å². The standard InChI is InChI=1S/C21H21FN6/c1-15-11-16(2)13-17(12-15)28-24-19(14-23)21(25-28)27-9-7-26(8-10-27)20-6-4-3-5-18(20)22/h3-6,11-13H,7-10H2,1-2H3. The average molecular weight is 376 g/mol. The number of aryl methyl sites for hydroxylation is 2. The van der Waals surface area contributed by atoms with Gasteiger partial charge in [0.25, 0.3) is 0 Å². The Kier molecular flexibility index (Phi) is 4.70. The van der Waals surface area contributed by atoms with Crippen LogP contribution in [-0.2, 0) is 0 Å². The third-order valence-corrected chi connectivity index (χ3v) is 4.91. The highest BCUT2D eigenvalue weighted by Gasteiger charge is 2.24. The van der Waals surface area contributed by atoms with E-state index in [1.165, 1.54) is 10.9 Å². The second kappa shape index (κ2) is 7.31. The Hall–Kier alpha value is -3.40. The van der Waals surface area contributed by atoms with Crippen LogP contribution in [0.5, 0.6) is 0 Å². The summed E-state index contributed by atoms with van der Waals surface area (Å²) in [5, 5.41) is 18.5. The second-order valence-electron chi connectivity index (χ2n) is 7.04. The molecule has 142 valence electrons. The zero-order chi connectivity index (χ0) is 19.7. The summed E-state index contributed by atoms with van der Waals surface area (Å²) in [5.74, 6) is 0.365. The topological polar surface area (TPSA) is 61.0 Å². The molecule has 0 atom stereocenters. The molecular weight excluding hydrogens is 355 g/mol. The van der Waals surface area contributed by atoms with Crippen molar-refractivity contribution >= 4 is 11.5 Å². The van der Waals surface area contributed by atoms with Crippen LogP contribution >= 0.6 is 0 Å². The van der Waals surface area contributed by atoms with Crippen LogP contribution in [0.1, 0.15) is 16.8 Å². The van der Waals surface area contributed by atoms with Crippen molar-refractivity contribution in [2.45, 2.75) is 13.8 Å². The van der Waals surface area contributed by atoms with Gasteiger partial charge in [0.1, 0.15) is 11.9 Å². The van der Waals surface area contributed by atoms with Crippen molar-refractivity contribution in [3.8, 4) is 11.8 Å². The van der Waals surface area contributed by atoms with Crippen LogP contribution in [0.25, 0.3) is 5.69 Å². The van der Waals surface area contributed by atoms with E-state index >= 15 is 0 Å². The van der Waals surface area contributed by atoms with Gasteiger partial charge in [-0.15, -0.1) is 15.0 Å². The molecule has 6 nitrogen and oxygen atoms in total. The predicted octanol–water partition coefficient (Wildman–Crippen LogP) is 3.22. The molecule has 1 fully saturated rings. The lowest BCUT2D eigenvalue weighted by Gasteiger charge is -2.36. The first-order chi connectivity index (χ1) is 13.5. The number of halogens is 1. The average Bonchev–Trinajstić information content (AvgIpc) is 3.12. The Bertz CT molecular complexity index is 1020. The van der Waals surface area contributed by atoms with Gasteiger partial charge in [-0.05, 0) is 49.2 Å².